The lowest BCUT2D eigenvalue weighted by Crippen LogP contribution is -2.74. The van der Waals surface area contributed by atoms with E-state index in [-0.39, 0.29) is 0 Å². The molecule has 2 heterocycles. The number of hydrogen-bond acceptors (Lipinski definition) is 9. The van der Waals surface area contributed by atoms with E-state index in [1.807, 2.05) is 0 Å². The zero-order valence-corrected chi connectivity index (χ0v) is 11.4. The highest BCUT2D eigenvalue weighted by molar-refractivity contribution is 5.12. The number of ether oxygens (including phenoxy) is 2. The van der Waals surface area contributed by atoms with E-state index < -0.39 is 61.0 Å². The van der Waals surface area contributed by atoms with Gasteiger partial charge in [-0.05, 0) is 6.92 Å². The van der Waals surface area contributed by atoms with Crippen molar-refractivity contribution >= 4 is 0 Å². The molecule has 123 valence electrons. The smallest absolute Gasteiger partial charge is 0.150 e. The third-order valence-electron chi connectivity index (χ3n) is 4.17. The molecule has 2 aliphatic rings. The fraction of sp³-hybridized carbons (Fsp3) is 0.917. The third kappa shape index (κ3) is 2.58. The Kier molecular flexibility index (Phi) is 4.88. The molecule has 0 unspecified atom stereocenters. The van der Waals surface area contributed by atoms with Crippen LogP contribution in [0.3, 0.4) is 0 Å². The summed E-state index contributed by atoms with van der Waals surface area (Å²) in [6.07, 6.45) is -12.0. The molecule has 9 heteroatoms. The van der Waals surface area contributed by atoms with E-state index in [2.05, 4.69) is 0 Å². The summed E-state index contributed by atoms with van der Waals surface area (Å²) in [4.78, 5) is 0. The monoisotopic (exact) mass is 309 g/mol. The van der Waals surface area contributed by atoms with E-state index in [1.54, 1.807) is 0 Å². The quantitative estimate of drug-likeness (QED) is 0.269. The van der Waals surface area contributed by atoms with Gasteiger partial charge in [-0.15, -0.1) is 0 Å². The van der Waals surface area contributed by atoms with E-state index in [1.165, 1.54) is 6.92 Å². The van der Waals surface area contributed by atoms with Gasteiger partial charge in [0.1, 0.15) is 49.3 Å². The van der Waals surface area contributed by atoms with Crippen LogP contribution in [0.1, 0.15) is 6.92 Å². The Hall–Kier alpha value is -0.360. The van der Waals surface area contributed by atoms with E-state index in [9.17, 15) is 30.6 Å². The van der Waals surface area contributed by atoms with Crippen LogP contribution < -0.4 is 0 Å². The van der Waals surface area contributed by atoms with E-state index in [4.69, 9.17) is 14.6 Å². The molecule has 0 aromatic heterocycles. The summed E-state index contributed by atoms with van der Waals surface area (Å²) in [6, 6.07) is 0. The zero-order valence-electron chi connectivity index (χ0n) is 11.4. The summed E-state index contributed by atoms with van der Waals surface area (Å²) in [7, 11) is 0. The number of rotatable bonds is 2. The van der Waals surface area contributed by atoms with Crippen LogP contribution in [-0.4, -0.2) is 96.8 Å². The average molecular weight is 309 g/mol. The van der Waals surface area contributed by atoms with Crippen molar-refractivity contribution in [1.29, 1.82) is 0 Å². The van der Waals surface area contributed by atoms with Gasteiger partial charge in [0.05, 0.1) is 12.7 Å². The minimum Gasteiger partial charge on any atom is -0.394 e. The average Bonchev–Trinajstić information content (AvgIpc) is 2.46. The molecule has 0 aromatic carbocycles. The first-order valence-electron chi connectivity index (χ1n) is 6.63. The first kappa shape index (κ1) is 17.0. The van der Waals surface area contributed by atoms with Crippen molar-refractivity contribution in [2.75, 3.05) is 6.61 Å². The zero-order chi connectivity index (χ0) is 15.9. The van der Waals surface area contributed by atoms with Crippen molar-refractivity contribution in [3.8, 4) is 0 Å². The predicted molar refractivity (Wildman–Crippen MR) is 65.6 cm³/mol. The van der Waals surface area contributed by atoms with E-state index in [0.717, 1.165) is 6.61 Å². The van der Waals surface area contributed by atoms with Crippen LogP contribution in [0.25, 0.3) is 0 Å². The molecule has 2 rings (SSSR count). The van der Waals surface area contributed by atoms with Crippen molar-refractivity contribution in [3.05, 3.63) is 6.61 Å². The molecule has 2 saturated heterocycles. The number of aliphatic hydroxyl groups excluding tert-OH is 6. The molecule has 9 nitrogen and oxygen atoms in total. The van der Waals surface area contributed by atoms with E-state index in [0.29, 0.717) is 0 Å². The van der Waals surface area contributed by atoms with Gasteiger partial charge < -0.3 is 45.2 Å². The molecule has 21 heavy (non-hydrogen) atoms. The minimum atomic E-state index is -2.42. The predicted octanol–water partition coefficient (Wildman–Crippen LogP) is -4.14. The highest BCUT2D eigenvalue weighted by Gasteiger charge is 2.61. The first-order valence-corrected chi connectivity index (χ1v) is 6.63. The molecule has 0 bridgehead atoms. The topological polar surface area (TPSA) is 160 Å². The van der Waals surface area contributed by atoms with Crippen molar-refractivity contribution in [2.45, 2.75) is 61.4 Å². The van der Waals surface area contributed by atoms with Crippen LogP contribution in [-0.2, 0) is 9.47 Å². The van der Waals surface area contributed by atoms with Gasteiger partial charge in [0.2, 0.25) is 0 Å². The second-order valence-corrected chi connectivity index (χ2v) is 5.50. The maximum absolute atomic E-state index is 10.6. The molecular weight excluding hydrogens is 288 g/mol. The van der Waals surface area contributed by atoms with Crippen molar-refractivity contribution in [3.63, 3.8) is 0 Å². The number of aliphatic hydroxyl groups is 7. The molecule has 7 N–H and O–H groups in total. The summed E-state index contributed by atoms with van der Waals surface area (Å²) in [5.74, 6) is 0. The highest BCUT2D eigenvalue weighted by Crippen LogP contribution is 2.37. The van der Waals surface area contributed by atoms with Crippen molar-refractivity contribution < 1.29 is 45.2 Å². The molecule has 0 amide bonds. The standard InChI is InChI=1S/C12H21O9/c1-4-7(15)8(16)9(17)11(21-4)12(19)6(14)3-20-5(2-13)10(12)18/h3-11,13-19H,2H2,1H3/t4-,5+,6-,7+,8+,9-,10-,11+,12+/m0/s1. The fourth-order valence-electron chi connectivity index (χ4n) is 2.74. The van der Waals surface area contributed by atoms with Crippen LogP contribution >= 0.6 is 0 Å². The number of hydrogen-bond donors (Lipinski definition) is 7. The summed E-state index contributed by atoms with van der Waals surface area (Å²) in [5.41, 5.74) is -2.42. The Morgan fingerprint density at radius 2 is 1.67 bits per heavy atom. The van der Waals surface area contributed by atoms with Gasteiger partial charge in [-0.25, -0.2) is 0 Å². The summed E-state index contributed by atoms with van der Waals surface area (Å²) in [6.45, 7) is 1.57. The maximum atomic E-state index is 10.6. The Bertz CT molecular complexity index is 367. The Balaban J connectivity index is 2.32. The van der Waals surface area contributed by atoms with Crippen LogP contribution in [0.4, 0.5) is 0 Å². The van der Waals surface area contributed by atoms with Gasteiger partial charge in [-0.2, -0.15) is 0 Å². The van der Waals surface area contributed by atoms with Gasteiger partial charge >= 0.3 is 0 Å². The normalized spacial score (nSPS) is 55.4. The lowest BCUT2D eigenvalue weighted by molar-refractivity contribution is -0.319. The molecule has 0 saturated carbocycles. The second kappa shape index (κ2) is 6.03. The molecule has 2 fully saturated rings. The minimum absolute atomic E-state index is 0.643. The van der Waals surface area contributed by atoms with Crippen molar-refractivity contribution in [1.82, 2.24) is 0 Å². The molecule has 1 radical (unpaired) electrons. The van der Waals surface area contributed by atoms with Crippen LogP contribution in [0.2, 0.25) is 0 Å². The Morgan fingerprint density at radius 3 is 2.24 bits per heavy atom. The molecular formula is C12H21O9. The van der Waals surface area contributed by atoms with Crippen LogP contribution in [0, 0.1) is 6.61 Å². The molecule has 9 atom stereocenters. The first-order chi connectivity index (χ1) is 9.75. The second-order valence-electron chi connectivity index (χ2n) is 5.50. The van der Waals surface area contributed by atoms with Gasteiger partial charge in [0.25, 0.3) is 0 Å². The van der Waals surface area contributed by atoms with Gasteiger partial charge in [-0.3, -0.25) is 0 Å². The van der Waals surface area contributed by atoms with Gasteiger partial charge in [-0.1, -0.05) is 0 Å². The maximum Gasteiger partial charge on any atom is 0.150 e. The Labute approximate surface area is 121 Å². The van der Waals surface area contributed by atoms with Crippen LogP contribution in [0.15, 0.2) is 0 Å². The molecule has 2 aliphatic heterocycles. The SMILES string of the molecule is C[C@@H]1O[C@@H]([C@@]2(O)[C@@H](O)[CH]O[C@H](CO)[C@@H]2O)[C@@H](O)[C@H](O)[C@@H]1O. The Morgan fingerprint density at radius 1 is 1.05 bits per heavy atom. The third-order valence-corrected chi connectivity index (χ3v) is 4.17. The highest BCUT2D eigenvalue weighted by atomic mass is 16.6. The lowest BCUT2D eigenvalue weighted by Gasteiger charge is -2.52. The molecule has 0 aliphatic carbocycles. The largest absolute Gasteiger partial charge is 0.394 e. The molecule has 0 aromatic rings. The summed E-state index contributed by atoms with van der Waals surface area (Å²) >= 11 is 0. The van der Waals surface area contributed by atoms with Gasteiger partial charge in [0.15, 0.2) is 5.60 Å². The summed E-state index contributed by atoms with van der Waals surface area (Å²) < 4.78 is 10.1. The van der Waals surface area contributed by atoms with E-state index >= 15 is 0 Å². The van der Waals surface area contributed by atoms with Crippen molar-refractivity contribution in [2.24, 2.45) is 0 Å². The van der Waals surface area contributed by atoms with Gasteiger partial charge in [0, 0.05) is 0 Å². The van der Waals surface area contributed by atoms with Crippen LogP contribution in [0.5, 0.6) is 0 Å². The summed E-state index contributed by atoms with van der Waals surface area (Å²) in [5, 5.41) is 69.2. The lowest BCUT2D eigenvalue weighted by atomic mass is 9.75. The molecule has 0 spiro atoms. The fourth-order valence-corrected chi connectivity index (χ4v) is 2.74.